The highest BCUT2D eigenvalue weighted by Crippen LogP contribution is 2.28. The Balaban J connectivity index is 1.57. The summed E-state index contributed by atoms with van der Waals surface area (Å²) in [5.41, 5.74) is 3.44. The van der Waals surface area contributed by atoms with E-state index in [9.17, 15) is 4.79 Å². The molecule has 0 fully saturated rings. The third-order valence-electron chi connectivity index (χ3n) is 5.13. The maximum atomic E-state index is 12.6. The van der Waals surface area contributed by atoms with E-state index in [0.29, 0.717) is 32.0 Å². The third-order valence-corrected chi connectivity index (χ3v) is 5.13. The third kappa shape index (κ3) is 4.36. The molecular formula is C23H26N4O3. The highest BCUT2D eigenvalue weighted by atomic mass is 16.5. The number of hydrogen-bond acceptors (Lipinski definition) is 6. The van der Waals surface area contributed by atoms with Crippen molar-refractivity contribution in [2.24, 2.45) is 0 Å². The normalized spacial score (nSPS) is 13.7. The molecule has 0 aliphatic carbocycles. The molecule has 0 saturated heterocycles. The fourth-order valence-electron chi connectivity index (χ4n) is 3.72. The largest absolute Gasteiger partial charge is 0.494 e. The molecule has 7 nitrogen and oxygen atoms in total. The molecule has 2 aromatic heterocycles. The summed E-state index contributed by atoms with van der Waals surface area (Å²) in [6, 6.07) is 9.71. The van der Waals surface area contributed by atoms with Crippen LogP contribution in [0.15, 0.2) is 47.5 Å². The van der Waals surface area contributed by atoms with Gasteiger partial charge in [0.1, 0.15) is 17.3 Å². The van der Waals surface area contributed by atoms with Gasteiger partial charge in [-0.1, -0.05) is 6.07 Å². The van der Waals surface area contributed by atoms with Crippen molar-refractivity contribution in [2.75, 3.05) is 19.8 Å². The Labute approximate surface area is 175 Å². The van der Waals surface area contributed by atoms with Gasteiger partial charge in [0, 0.05) is 54.8 Å². The van der Waals surface area contributed by atoms with Crippen molar-refractivity contribution in [3.63, 3.8) is 0 Å². The average Bonchev–Trinajstić information content (AvgIpc) is 2.76. The van der Waals surface area contributed by atoms with E-state index in [4.69, 9.17) is 14.5 Å². The number of aromatic nitrogens is 3. The molecule has 3 aromatic rings. The number of nitrogens with zero attached hydrogens (tertiary/aromatic N) is 3. The van der Waals surface area contributed by atoms with Gasteiger partial charge in [0.15, 0.2) is 0 Å². The number of benzene rings is 1. The van der Waals surface area contributed by atoms with Crippen LogP contribution in [0.4, 0.5) is 0 Å². The molecule has 0 atom stereocenters. The van der Waals surface area contributed by atoms with Gasteiger partial charge in [-0.3, -0.25) is 14.7 Å². The molecule has 0 saturated carbocycles. The summed E-state index contributed by atoms with van der Waals surface area (Å²) in [6.07, 6.45) is 4.08. The summed E-state index contributed by atoms with van der Waals surface area (Å²) in [7, 11) is 0. The van der Waals surface area contributed by atoms with E-state index in [1.54, 1.807) is 12.4 Å². The van der Waals surface area contributed by atoms with E-state index in [0.717, 1.165) is 47.0 Å². The Hall–Kier alpha value is -3.19. The minimum Gasteiger partial charge on any atom is -0.494 e. The van der Waals surface area contributed by atoms with Crippen LogP contribution in [-0.2, 0) is 19.5 Å². The fourth-order valence-corrected chi connectivity index (χ4v) is 3.72. The van der Waals surface area contributed by atoms with Gasteiger partial charge in [-0.15, -0.1) is 0 Å². The number of fused-ring (bicyclic) bond motifs is 1. The summed E-state index contributed by atoms with van der Waals surface area (Å²) < 4.78 is 11.5. The lowest BCUT2D eigenvalue weighted by Crippen LogP contribution is -2.35. The highest BCUT2D eigenvalue weighted by Gasteiger charge is 2.22. The first-order valence-electron chi connectivity index (χ1n) is 10.3. The van der Waals surface area contributed by atoms with Gasteiger partial charge in [-0.05, 0) is 38.5 Å². The van der Waals surface area contributed by atoms with Gasteiger partial charge in [0.2, 0.25) is 0 Å². The topological polar surface area (TPSA) is 80.3 Å². The average molecular weight is 406 g/mol. The van der Waals surface area contributed by atoms with Crippen LogP contribution < -0.4 is 15.0 Å². The van der Waals surface area contributed by atoms with Crippen molar-refractivity contribution >= 4 is 0 Å². The molecule has 4 rings (SSSR count). The summed E-state index contributed by atoms with van der Waals surface area (Å²) in [5.74, 6) is 2.21. The zero-order chi connectivity index (χ0) is 20.9. The van der Waals surface area contributed by atoms with Crippen molar-refractivity contribution in [1.82, 2.24) is 19.9 Å². The van der Waals surface area contributed by atoms with Crippen molar-refractivity contribution in [3.8, 4) is 22.9 Å². The molecule has 1 aromatic carbocycles. The Kier molecular flexibility index (Phi) is 6.09. The van der Waals surface area contributed by atoms with Gasteiger partial charge in [0.05, 0.1) is 18.9 Å². The van der Waals surface area contributed by atoms with E-state index >= 15 is 0 Å². The SMILES string of the molecule is CCOc1ccc(CN2CCc3c(nc(-c4cccnc4)[nH]c3=O)C2)c(OCC)c1. The molecule has 30 heavy (non-hydrogen) atoms. The summed E-state index contributed by atoms with van der Waals surface area (Å²) in [5, 5.41) is 0. The van der Waals surface area contributed by atoms with Crippen molar-refractivity contribution in [3.05, 3.63) is 69.9 Å². The minimum absolute atomic E-state index is 0.0606. The van der Waals surface area contributed by atoms with Gasteiger partial charge in [-0.25, -0.2) is 4.98 Å². The van der Waals surface area contributed by atoms with Gasteiger partial charge in [-0.2, -0.15) is 0 Å². The Morgan fingerprint density at radius 3 is 2.80 bits per heavy atom. The smallest absolute Gasteiger partial charge is 0.254 e. The molecule has 0 unspecified atom stereocenters. The second-order valence-corrected chi connectivity index (χ2v) is 7.18. The monoisotopic (exact) mass is 406 g/mol. The molecule has 1 aliphatic rings. The van der Waals surface area contributed by atoms with E-state index in [-0.39, 0.29) is 5.56 Å². The van der Waals surface area contributed by atoms with E-state index in [1.807, 2.05) is 38.1 Å². The van der Waals surface area contributed by atoms with Gasteiger partial charge in [0.25, 0.3) is 5.56 Å². The number of H-pyrrole nitrogens is 1. The fraction of sp³-hybridized carbons (Fsp3) is 0.348. The second kappa shape index (κ2) is 9.09. The van der Waals surface area contributed by atoms with Crippen molar-refractivity contribution in [2.45, 2.75) is 33.4 Å². The Morgan fingerprint density at radius 2 is 2.03 bits per heavy atom. The zero-order valence-electron chi connectivity index (χ0n) is 17.4. The Morgan fingerprint density at radius 1 is 1.17 bits per heavy atom. The summed E-state index contributed by atoms with van der Waals surface area (Å²) in [6.45, 7) is 7.29. The predicted octanol–water partition coefficient (Wildman–Crippen LogP) is 3.19. The number of pyridine rings is 1. The molecular weight excluding hydrogens is 380 g/mol. The second-order valence-electron chi connectivity index (χ2n) is 7.18. The number of ether oxygens (including phenoxy) is 2. The van der Waals surface area contributed by atoms with Crippen LogP contribution in [0.3, 0.4) is 0 Å². The minimum atomic E-state index is -0.0606. The van der Waals surface area contributed by atoms with Crippen molar-refractivity contribution < 1.29 is 9.47 Å². The van der Waals surface area contributed by atoms with Crippen LogP contribution in [0.2, 0.25) is 0 Å². The van der Waals surface area contributed by atoms with E-state index in [2.05, 4.69) is 20.9 Å². The molecule has 7 heteroatoms. The summed E-state index contributed by atoms with van der Waals surface area (Å²) in [4.78, 5) is 26.7. The van der Waals surface area contributed by atoms with Crippen LogP contribution >= 0.6 is 0 Å². The van der Waals surface area contributed by atoms with E-state index < -0.39 is 0 Å². The van der Waals surface area contributed by atoms with Crippen LogP contribution in [0, 0.1) is 0 Å². The highest BCUT2D eigenvalue weighted by molar-refractivity contribution is 5.53. The van der Waals surface area contributed by atoms with Crippen LogP contribution in [0.5, 0.6) is 11.5 Å². The maximum Gasteiger partial charge on any atom is 0.254 e. The van der Waals surface area contributed by atoms with Crippen LogP contribution in [-0.4, -0.2) is 39.6 Å². The Bertz CT molecular complexity index is 1070. The predicted molar refractivity (Wildman–Crippen MR) is 115 cm³/mol. The first kappa shape index (κ1) is 20.1. The van der Waals surface area contributed by atoms with Gasteiger partial charge >= 0.3 is 0 Å². The maximum absolute atomic E-state index is 12.6. The number of rotatable bonds is 7. The zero-order valence-corrected chi connectivity index (χ0v) is 17.4. The number of nitrogens with one attached hydrogen (secondary N) is 1. The first-order valence-corrected chi connectivity index (χ1v) is 10.3. The number of aromatic amines is 1. The summed E-state index contributed by atoms with van der Waals surface area (Å²) >= 11 is 0. The molecule has 1 N–H and O–H groups in total. The van der Waals surface area contributed by atoms with Gasteiger partial charge < -0.3 is 14.5 Å². The molecule has 0 radical (unpaired) electrons. The molecule has 0 bridgehead atoms. The molecule has 0 amide bonds. The molecule has 0 spiro atoms. The molecule has 156 valence electrons. The van der Waals surface area contributed by atoms with Crippen LogP contribution in [0.25, 0.3) is 11.4 Å². The lowest BCUT2D eigenvalue weighted by atomic mass is 10.0. The van der Waals surface area contributed by atoms with Crippen molar-refractivity contribution in [1.29, 1.82) is 0 Å². The van der Waals surface area contributed by atoms with E-state index in [1.165, 1.54) is 0 Å². The first-order chi connectivity index (χ1) is 14.7. The number of hydrogen-bond donors (Lipinski definition) is 1. The molecule has 1 aliphatic heterocycles. The quantitative estimate of drug-likeness (QED) is 0.649. The van der Waals surface area contributed by atoms with Crippen LogP contribution in [0.1, 0.15) is 30.7 Å². The lowest BCUT2D eigenvalue weighted by Gasteiger charge is -2.28. The molecule has 3 heterocycles. The lowest BCUT2D eigenvalue weighted by molar-refractivity contribution is 0.234. The standard InChI is InChI=1S/C23H26N4O3/c1-3-29-18-8-7-17(21(12-18)30-4-2)14-27-11-9-19-20(15-27)25-22(26-23(19)28)16-6-5-10-24-13-16/h5-8,10,12-13H,3-4,9,11,14-15H2,1-2H3,(H,25,26,28).